The van der Waals surface area contributed by atoms with Gasteiger partial charge in [-0.3, -0.25) is 9.36 Å². The smallest absolute Gasteiger partial charge is 0.416 e. The van der Waals surface area contributed by atoms with Gasteiger partial charge in [0.15, 0.2) is 0 Å². The number of aryl methyl sites for hydroxylation is 1. The summed E-state index contributed by atoms with van der Waals surface area (Å²) in [6, 6.07) is 10.0. The first-order valence-corrected chi connectivity index (χ1v) is 10.4. The molecule has 174 valence electrons. The van der Waals surface area contributed by atoms with Crippen LogP contribution in [0.5, 0.6) is 0 Å². The molecule has 0 atom stereocenters. The number of carboxylic acids is 1. The van der Waals surface area contributed by atoms with Crippen molar-refractivity contribution in [3.8, 4) is 0 Å². The van der Waals surface area contributed by atoms with Gasteiger partial charge in [-0.1, -0.05) is 29.8 Å². The summed E-state index contributed by atoms with van der Waals surface area (Å²) in [4.78, 5) is 40.2. The average Bonchev–Trinajstić information content (AvgIpc) is 2.72. The predicted octanol–water partition coefficient (Wildman–Crippen LogP) is 3.76. The summed E-state index contributed by atoms with van der Waals surface area (Å²) >= 11 is 3.15. The quantitative estimate of drug-likeness (QED) is 0.485. The molecule has 8 nitrogen and oxygen atoms in total. The molecule has 2 N–H and O–H groups in total. The Morgan fingerprint density at radius 2 is 1.79 bits per heavy atom. The highest BCUT2D eigenvalue weighted by atomic mass is 79.9. The van der Waals surface area contributed by atoms with Gasteiger partial charge in [0.1, 0.15) is 0 Å². The predicted molar refractivity (Wildman–Crippen MR) is 118 cm³/mol. The zero-order valence-electron chi connectivity index (χ0n) is 17.2. The van der Waals surface area contributed by atoms with Crippen molar-refractivity contribution >= 4 is 33.5 Å². The third-order valence-corrected chi connectivity index (χ3v) is 5.39. The highest BCUT2D eigenvalue weighted by molar-refractivity contribution is 9.10. The van der Waals surface area contributed by atoms with E-state index in [4.69, 9.17) is 5.11 Å². The topological polar surface area (TPSA) is 106 Å². The van der Waals surface area contributed by atoms with E-state index in [1.807, 2.05) is 19.1 Å². The van der Waals surface area contributed by atoms with Crippen molar-refractivity contribution in [2.45, 2.75) is 32.6 Å². The highest BCUT2D eigenvalue weighted by Gasteiger charge is 2.31. The number of anilines is 2. The fourth-order valence-corrected chi connectivity index (χ4v) is 3.31. The molecule has 0 amide bonds. The molecule has 0 unspecified atom stereocenters. The minimum atomic E-state index is -4.60. The summed E-state index contributed by atoms with van der Waals surface area (Å²) in [5, 5.41) is 11.5. The maximum Gasteiger partial charge on any atom is 0.416 e. The van der Waals surface area contributed by atoms with Crippen molar-refractivity contribution in [3.63, 3.8) is 0 Å². The van der Waals surface area contributed by atoms with Crippen LogP contribution in [0.1, 0.15) is 23.1 Å². The van der Waals surface area contributed by atoms with Gasteiger partial charge in [0, 0.05) is 11.0 Å². The molecule has 0 spiro atoms. The molecule has 1 heterocycles. The standard InChI is InChI=1S/C21H18BrF3N4O4/c1-12-2-4-13(5-3-12)11-29-18(27-19(32)28(20(29)33)9-8-17(30)31)26-16-10-14(21(23,24)25)6-7-15(16)22/h2-7,10H,8-9,11H2,1H3,(H,30,31)(H,26,27,32). The molecule has 1 aromatic heterocycles. The Hall–Kier alpha value is -3.41. The van der Waals surface area contributed by atoms with Crippen molar-refractivity contribution in [2.75, 3.05) is 5.32 Å². The molecule has 3 aromatic rings. The molecule has 0 aliphatic carbocycles. The van der Waals surface area contributed by atoms with Crippen LogP contribution < -0.4 is 16.7 Å². The van der Waals surface area contributed by atoms with Crippen molar-refractivity contribution in [2.24, 2.45) is 0 Å². The average molecular weight is 527 g/mol. The molecule has 12 heteroatoms. The summed E-state index contributed by atoms with van der Waals surface area (Å²) in [5.41, 5.74) is -1.22. The van der Waals surface area contributed by atoms with Gasteiger partial charge in [0.05, 0.1) is 24.2 Å². The lowest BCUT2D eigenvalue weighted by Gasteiger charge is -2.17. The molecule has 2 aromatic carbocycles. The van der Waals surface area contributed by atoms with E-state index in [0.717, 1.165) is 22.3 Å². The van der Waals surface area contributed by atoms with Gasteiger partial charge in [0.25, 0.3) is 0 Å². The lowest BCUT2D eigenvalue weighted by atomic mass is 10.1. The number of benzene rings is 2. The maximum atomic E-state index is 13.2. The van der Waals surface area contributed by atoms with E-state index < -0.39 is 42.1 Å². The Kier molecular flexibility index (Phi) is 7.06. The minimum Gasteiger partial charge on any atom is -0.481 e. The van der Waals surface area contributed by atoms with Gasteiger partial charge in [-0.05, 0) is 46.6 Å². The molecule has 0 bridgehead atoms. The molecule has 0 radical (unpaired) electrons. The number of alkyl halides is 3. The first kappa shape index (κ1) is 24.2. The Balaban J connectivity index is 2.12. The molecule has 0 saturated carbocycles. The highest BCUT2D eigenvalue weighted by Crippen LogP contribution is 2.34. The third kappa shape index (κ3) is 5.89. The number of carbonyl (C=O) groups is 1. The monoisotopic (exact) mass is 526 g/mol. The van der Waals surface area contributed by atoms with Crippen LogP contribution in [0.3, 0.4) is 0 Å². The SMILES string of the molecule is Cc1ccc(Cn2c(Nc3cc(C(F)(F)F)ccc3Br)nc(=O)n(CCC(=O)O)c2=O)cc1. The van der Waals surface area contributed by atoms with Gasteiger partial charge in [0.2, 0.25) is 5.95 Å². The van der Waals surface area contributed by atoms with Crippen LogP contribution in [-0.4, -0.2) is 25.2 Å². The first-order chi connectivity index (χ1) is 15.5. The third-order valence-electron chi connectivity index (χ3n) is 4.70. The number of halogens is 4. The molecule has 0 aliphatic heterocycles. The Labute approximate surface area is 193 Å². The normalized spacial score (nSPS) is 11.4. The molecule has 3 rings (SSSR count). The Bertz CT molecular complexity index is 1300. The number of hydrogen-bond acceptors (Lipinski definition) is 5. The number of aliphatic carboxylic acids is 1. The van der Waals surface area contributed by atoms with Crippen LogP contribution >= 0.6 is 15.9 Å². The summed E-state index contributed by atoms with van der Waals surface area (Å²) in [6.45, 7) is 1.42. The number of aromatic nitrogens is 3. The van der Waals surface area contributed by atoms with Crippen LogP contribution in [0.2, 0.25) is 0 Å². The van der Waals surface area contributed by atoms with Crippen LogP contribution in [0.15, 0.2) is 56.5 Å². The number of carboxylic acid groups (broad SMARTS) is 1. The number of rotatable bonds is 7. The summed E-state index contributed by atoms with van der Waals surface area (Å²) < 4.78 is 41.5. The van der Waals surface area contributed by atoms with Crippen LogP contribution in [0.25, 0.3) is 0 Å². The van der Waals surface area contributed by atoms with Crippen LogP contribution in [0.4, 0.5) is 24.8 Å². The van der Waals surface area contributed by atoms with E-state index in [-0.39, 0.29) is 22.7 Å². The molecular formula is C21H18BrF3N4O4. The molecule has 0 aliphatic rings. The minimum absolute atomic E-state index is 0.0572. The van der Waals surface area contributed by atoms with Gasteiger partial charge in [-0.2, -0.15) is 18.2 Å². The van der Waals surface area contributed by atoms with E-state index in [1.54, 1.807) is 12.1 Å². The largest absolute Gasteiger partial charge is 0.481 e. The second-order valence-corrected chi connectivity index (χ2v) is 8.04. The van der Waals surface area contributed by atoms with Crippen molar-refractivity contribution in [1.29, 1.82) is 0 Å². The number of nitrogens with zero attached hydrogens (tertiary/aromatic N) is 3. The Morgan fingerprint density at radius 3 is 2.39 bits per heavy atom. The van der Waals surface area contributed by atoms with Gasteiger partial charge < -0.3 is 10.4 Å². The first-order valence-electron chi connectivity index (χ1n) is 9.58. The summed E-state index contributed by atoms with van der Waals surface area (Å²) in [6.07, 6.45) is -5.08. The Morgan fingerprint density at radius 1 is 1.12 bits per heavy atom. The van der Waals surface area contributed by atoms with E-state index in [0.29, 0.717) is 10.1 Å². The fourth-order valence-electron chi connectivity index (χ4n) is 2.96. The maximum absolute atomic E-state index is 13.2. The van der Waals surface area contributed by atoms with E-state index in [2.05, 4.69) is 26.2 Å². The van der Waals surface area contributed by atoms with E-state index >= 15 is 0 Å². The second kappa shape index (κ2) is 9.61. The molecule has 33 heavy (non-hydrogen) atoms. The fraction of sp³-hybridized carbons (Fsp3) is 0.238. The van der Waals surface area contributed by atoms with Crippen molar-refractivity contribution in [3.05, 3.63) is 84.6 Å². The van der Waals surface area contributed by atoms with Crippen molar-refractivity contribution in [1.82, 2.24) is 14.1 Å². The summed E-state index contributed by atoms with van der Waals surface area (Å²) in [7, 11) is 0. The number of nitrogens with one attached hydrogen (secondary N) is 1. The zero-order valence-corrected chi connectivity index (χ0v) is 18.8. The van der Waals surface area contributed by atoms with E-state index in [1.165, 1.54) is 6.07 Å². The van der Waals surface area contributed by atoms with Crippen LogP contribution in [0, 0.1) is 6.92 Å². The lowest BCUT2D eigenvalue weighted by molar-refractivity contribution is -0.138. The second-order valence-electron chi connectivity index (χ2n) is 7.19. The van der Waals surface area contributed by atoms with Gasteiger partial charge >= 0.3 is 23.5 Å². The number of hydrogen-bond donors (Lipinski definition) is 2. The van der Waals surface area contributed by atoms with Crippen molar-refractivity contribution < 1.29 is 23.1 Å². The lowest BCUT2D eigenvalue weighted by Crippen LogP contribution is -2.43. The molecule has 0 saturated heterocycles. The van der Waals surface area contributed by atoms with Crippen LogP contribution in [-0.2, 0) is 24.1 Å². The molecular weight excluding hydrogens is 509 g/mol. The van der Waals surface area contributed by atoms with Gasteiger partial charge in [-0.25, -0.2) is 14.2 Å². The van der Waals surface area contributed by atoms with E-state index in [9.17, 15) is 27.6 Å². The van der Waals surface area contributed by atoms with Gasteiger partial charge in [-0.15, -0.1) is 0 Å². The summed E-state index contributed by atoms with van der Waals surface area (Å²) in [5.74, 6) is -1.49. The molecule has 0 fully saturated rings. The zero-order chi connectivity index (χ0) is 24.3.